The van der Waals surface area contributed by atoms with Crippen molar-refractivity contribution in [2.75, 3.05) is 5.75 Å². The molecule has 1 unspecified atom stereocenters. The van der Waals surface area contributed by atoms with Gasteiger partial charge in [0.2, 0.25) is 0 Å². The molecule has 0 saturated carbocycles. The molecule has 1 aromatic carbocycles. The van der Waals surface area contributed by atoms with Crippen LogP contribution in [-0.4, -0.2) is 11.8 Å². The van der Waals surface area contributed by atoms with Gasteiger partial charge in [-0.1, -0.05) is 12.1 Å². The van der Waals surface area contributed by atoms with E-state index in [0.717, 1.165) is 16.6 Å². The molecular formula is C10H11BrN2S. The van der Waals surface area contributed by atoms with Crippen LogP contribution in [0.15, 0.2) is 33.6 Å². The minimum atomic E-state index is -0.343. The summed E-state index contributed by atoms with van der Waals surface area (Å²) < 4.78 is 1.09. The Hall–Kier alpha value is -0.500. The molecule has 0 bridgehead atoms. The summed E-state index contributed by atoms with van der Waals surface area (Å²) in [6, 6.07) is 9.71. The molecular weight excluding hydrogens is 260 g/mol. The van der Waals surface area contributed by atoms with Gasteiger partial charge < -0.3 is 5.73 Å². The van der Waals surface area contributed by atoms with Gasteiger partial charge in [-0.3, -0.25) is 0 Å². The second-order valence-electron chi connectivity index (χ2n) is 2.80. The summed E-state index contributed by atoms with van der Waals surface area (Å²) >= 11 is 5.18. The number of benzene rings is 1. The second kappa shape index (κ2) is 6.07. The zero-order valence-corrected chi connectivity index (χ0v) is 10.0. The standard InChI is InChI=1S/C10H11BrN2S/c11-9-3-1-2-4-10(9)14-6-5-8(13)7-12/h1-4,8H,5-6,13H2. The van der Waals surface area contributed by atoms with Crippen LogP contribution in [0, 0.1) is 11.3 Å². The van der Waals surface area contributed by atoms with E-state index in [1.54, 1.807) is 11.8 Å². The van der Waals surface area contributed by atoms with E-state index in [1.165, 1.54) is 4.90 Å². The van der Waals surface area contributed by atoms with E-state index in [9.17, 15) is 0 Å². The van der Waals surface area contributed by atoms with Gasteiger partial charge in [0.25, 0.3) is 0 Å². The number of nitrogens with zero attached hydrogens (tertiary/aromatic N) is 1. The van der Waals surface area contributed by atoms with Gasteiger partial charge in [0.15, 0.2) is 0 Å². The van der Waals surface area contributed by atoms with Crippen molar-refractivity contribution in [3.8, 4) is 6.07 Å². The first-order chi connectivity index (χ1) is 6.74. The Kier molecular flexibility index (Phi) is 5.02. The van der Waals surface area contributed by atoms with E-state index in [1.807, 2.05) is 30.3 Å². The summed E-state index contributed by atoms with van der Waals surface area (Å²) in [7, 11) is 0. The minimum Gasteiger partial charge on any atom is -0.316 e. The topological polar surface area (TPSA) is 49.8 Å². The first kappa shape index (κ1) is 11.6. The minimum absolute atomic E-state index is 0.343. The Bertz CT molecular complexity index is 335. The number of hydrogen-bond acceptors (Lipinski definition) is 3. The van der Waals surface area contributed by atoms with E-state index >= 15 is 0 Å². The molecule has 0 aliphatic rings. The maximum atomic E-state index is 8.49. The third kappa shape index (κ3) is 3.70. The zero-order valence-electron chi connectivity index (χ0n) is 7.61. The van der Waals surface area contributed by atoms with Crippen molar-refractivity contribution in [2.24, 2.45) is 5.73 Å². The number of nitriles is 1. The predicted molar refractivity (Wildman–Crippen MR) is 63.1 cm³/mol. The first-order valence-electron chi connectivity index (χ1n) is 4.26. The van der Waals surface area contributed by atoms with Crippen LogP contribution in [0.3, 0.4) is 0 Å². The summed E-state index contributed by atoms with van der Waals surface area (Å²) in [6.07, 6.45) is 0.725. The van der Waals surface area contributed by atoms with Crippen LogP contribution in [0.4, 0.5) is 0 Å². The molecule has 0 radical (unpaired) electrons. The van der Waals surface area contributed by atoms with Crippen LogP contribution in [0.25, 0.3) is 0 Å². The molecule has 0 fully saturated rings. The Morgan fingerprint density at radius 1 is 1.50 bits per heavy atom. The van der Waals surface area contributed by atoms with E-state index in [0.29, 0.717) is 0 Å². The lowest BCUT2D eigenvalue weighted by molar-refractivity contribution is 0.803. The number of nitrogens with two attached hydrogens (primary N) is 1. The largest absolute Gasteiger partial charge is 0.316 e. The van der Waals surface area contributed by atoms with Crippen molar-refractivity contribution in [3.63, 3.8) is 0 Å². The molecule has 74 valence electrons. The van der Waals surface area contributed by atoms with Gasteiger partial charge in [-0.15, -0.1) is 11.8 Å². The Labute approximate surface area is 96.6 Å². The van der Waals surface area contributed by atoms with Crippen LogP contribution in [0.2, 0.25) is 0 Å². The highest BCUT2D eigenvalue weighted by molar-refractivity contribution is 9.10. The highest BCUT2D eigenvalue weighted by Gasteiger charge is 2.02. The average Bonchev–Trinajstić information content (AvgIpc) is 2.20. The molecule has 0 saturated heterocycles. The quantitative estimate of drug-likeness (QED) is 0.857. The lowest BCUT2D eigenvalue weighted by Crippen LogP contribution is -2.17. The molecule has 4 heteroatoms. The SMILES string of the molecule is N#CC(N)CCSc1ccccc1Br. The Morgan fingerprint density at radius 2 is 2.21 bits per heavy atom. The second-order valence-corrected chi connectivity index (χ2v) is 4.79. The molecule has 1 rings (SSSR count). The van der Waals surface area contributed by atoms with Gasteiger partial charge >= 0.3 is 0 Å². The predicted octanol–water partition coefficient (Wildman–Crippen LogP) is 2.78. The van der Waals surface area contributed by atoms with E-state index < -0.39 is 0 Å². The summed E-state index contributed by atoms with van der Waals surface area (Å²) in [6.45, 7) is 0. The van der Waals surface area contributed by atoms with Gasteiger partial charge in [0.1, 0.15) is 0 Å². The number of hydrogen-bond donors (Lipinski definition) is 1. The van der Waals surface area contributed by atoms with E-state index in [4.69, 9.17) is 11.0 Å². The molecule has 0 aliphatic heterocycles. The lowest BCUT2D eigenvalue weighted by atomic mass is 10.3. The fraction of sp³-hybridized carbons (Fsp3) is 0.300. The Balaban J connectivity index is 2.40. The van der Waals surface area contributed by atoms with Crippen molar-refractivity contribution in [1.29, 1.82) is 5.26 Å². The van der Waals surface area contributed by atoms with Crippen molar-refractivity contribution in [2.45, 2.75) is 17.4 Å². The number of rotatable bonds is 4. The van der Waals surface area contributed by atoms with Crippen LogP contribution < -0.4 is 5.73 Å². The van der Waals surface area contributed by atoms with Crippen LogP contribution in [-0.2, 0) is 0 Å². The molecule has 0 amide bonds. The van der Waals surface area contributed by atoms with Crippen molar-refractivity contribution in [3.05, 3.63) is 28.7 Å². The van der Waals surface area contributed by atoms with Gasteiger partial charge in [0, 0.05) is 15.1 Å². The van der Waals surface area contributed by atoms with Crippen LogP contribution >= 0.6 is 27.7 Å². The summed E-state index contributed by atoms with van der Waals surface area (Å²) in [5, 5.41) is 8.49. The van der Waals surface area contributed by atoms with Crippen LogP contribution in [0.5, 0.6) is 0 Å². The van der Waals surface area contributed by atoms with Crippen LogP contribution in [0.1, 0.15) is 6.42 Å². The van der Waals surface area contributed by atoms with Gasteiger partial charge in [0.05, 0.1) is 12.1 Å². The summed E-state index contributed by atoms with van der Waals surface area (Å²) in [5.74, 6) is 0.872. The van der Waals surface area contributed by atoms with Gasteiger partial charge in [-0.2, -0.15) is 5.26 Å². The smallest absolute Gasteiger partial charge is 0.0936 e. The molecule has 0 spiro atoms. The third-order valence-electron chi connectivity index (χ3n) is 1.69. The molecule has 0 aromatic heterocycles. The number of halogens is 1. The lowest BCUT2D eigenvalue weighted by Gasteiger charge is -2.04. The molecule has 1 atom stereocenters. The highest BCUT2D eigenvalue weighted by Crippen LogP contribution is 2.27. The Morgan fingerprint density at radius 3 is 2.86 bits per heavy atom. The maximum absolute atomic E-state index is 8.49. The molecule has 0 heterocycles. The first-order valence-corrected chi connectivity index (χ1v) is 6.04. The van der Waals surface area contributed by atoms with Gasteiger partial charge in [-0.05, 0) is 34.5 Å². The molecule has 1 aromatic rings. The highest BCUT2D eigenvalue weighted by atomic mass is 79.9. The van der Waals surface area contributed by atoms with Crippen molar-refractivity contribution in [1.82, 2.24) is 0 Å². The third-order valence-corrected chi connectivity index (χ3v) is 3.75. The maximum Gasteiger partial charge on any atom is 0.0936 e. The molecule has 0 aliphatic carbocycles. The monoisotopic (exact) mass is 270 g/mol. The fourth-order valence-electron chi connectivity index (χ4n) is 0.922. The molecule has 2 N–H and O–H groups in total. The van der Waals surface area contributed by atoms with Crippen molar-refractivity contribution >= 4 is 27.7 Å². The van der Waals surface area contributed by atoms with E-state index in [2.05, 4.69) is 15.9 Å². The average molecular weight is 271 g/mol. The van der Waals surface area contributed by atoms with Crippen molar-refractivity contribution < 1.29 is 0 Å². The fourth-order valence-corrected chi connectivity index (χ4v) is 2.52. The van der Waals surface area contributed by atoms with E-state index in [-0.39, 0.29) is 6.04 Å². The van der Waals surface area contributed by atoms with Gasteiger partial charge in [-0.25, -0.2) is 0 Å². The molecule has 2 nitrogen and oxygen atoms in total. The zero-order chi connectivity index (χ0) is 10.4. The normalized spacial score (nSPS) is 12.1. The summed E-state index contributed by atoms with van der Waals surface area (Å²) in [4.78, 5) is 1.19. The molecule has 14 heavy (non-hydrogen) atoms. The number of thioether (sulfide) groups is 1. The summed E-state index contributed by atoms with van der Waals surface area (Å²) in [5.41, 5.74) is 5.49.